The number of halogens is 2. The number of aryl methyl sites for hydroxylation is 1. The number of nitrogens with zero attached hydrogens (tertiary/aromatic N) is 1. The number of amides is 1. The molecule has 0 bridgehead atoms. The molecule has 1 amide bonds. The average molecular weight is 495 g/mol. The summed E-state index contributed by atoms with van der Waals surface area (Å²) in [6.45, 7) is 1.39. The first-order chi connectivity index (χ1) is 14.7. The van der Waals surface area contributed by atoms with Gasteiger partial charge in [0.15, 0.2) is 0 Å². The van der Waals surface area contributed by atoms with Crippen LogP contribution in [0.1, 0.15) is 5.56 Å². The molecule has 0 aliphatic rings. The number of hydrogen-bond donors (Lipinski definition) is 1. The molecular formula is C22H20Cl2N2O3S2. The molecule has 0 radical (unpaired) electrons. The SMILES string of the molecule is CSc1cccc(NC(=O)CN(c2cc(Cl)ccc2Cl)S(=O)(=O)c2ccc(C)cc2)c1. The molecule has 0 saturated heterocycles. The summed E-state index contributed by atoms with van der Waals surface area (Å²) < 4.78 is 27.8. The Morgan fingerprint density at radius 1 is 1.03 bits per heavy atom. The molecule has 9 heteroatoms. The van der Waals surface area contributed by atoms with Crippen molar-refractivity contribution in [3.8, 4) is 0 Å². The van der Waals surface area contributed by atoms with Crippen molar-refractivity contribution in [2.24, 2.45) is 0 Å². The lowest BCUT2D eigenvalue weighted by Gasteiger charge is -2.25. The van der Waals surface area contributed by atoms with Crippen molar-refractivity contribution in [3.05, 3.63) is 82.3 Å². The van der Waals surface area contributed by atoms with E-state index >= 15 is 0 Å². The third-order valence-electron chi connectivity index (χ3n) is 4.43. The molecule has 1 N–H and O–H groups in total. The Morgan fingerprint density at radius 3 is 2.42 bits per heavy atom. The van der Waals surface area contributed by atoms with Crippen LogP contribution < -0.4 is 9.62 Å². The Labute approximate surface area is 196 Å². The summed E-state index contributed by atoms with van der Waals surface area (Å²) in [6, 6.07) is 18.1. The molecule has 0 aliphatic carbocycles. The van der Waals surface area contributed by atoms with Gasteiger partial charge in [0.25, 0.3) is 10.0 Å². The smallest absolute Gasteiger partial charge is 0.264 e. The van der Waals surface area contributed by atoms with Crippen LogP contribution in [-0.2, 0) is 14.8 Å². The molecule has 3 aromatic rings. The van der Waals surface area contributed by atoms with Crippen LogP contribution in [0.5, 0.6) is 0 Å². The van der Waals surface area contributed by atoms with Crippen molar-refractivity contribution in [1.29, 1.82) is 0 Å². The van der Waals surface area contributed by atoms with Gasteiger partial charge in [-0.3, -0.25) is 9.10 Å². The van der Waals surface area contributed by atoms with Gasteiger partial charge in [0.1, 0.15) is 6.54 Å². The highest BCUT2D eigenvalue weighted by atomic mass is 35.5. The summed E-state index contributed by atoms with van der Waals surface area (Å²) in [4.78, 5) is 13.8. The Morgan fingerprint density at radius 2 is 1.74 bits per heavy atom. The van der Waals surface area contributed by atoms with Crippen LogP contribution >= 0.6 is 35.0 Å². The predicted molar refractivity (Wildman–Crippen MR) is 129 cm³/mol. The molecule has 5 nitrogen and oxygen atoms in total. The molecule has 3 rings (SSSR count). The fourth-order valence-corrected chi connectivity index (χ4v) is 5.17. The molecule has 31 heavy (non-hydrogen) atoms. The minimum Gasteiger partial charge on any atom is -0.324 e. The normalized spacial score (nSPS) is 11.2. The molecule has 0 aliphatic heterocycles. The Hall–Kier alpha value is -2.19. The number of anilines is 2. The molecule has 0 heterocycles. The van der Waals surface area contributed by atoms with E-state index in [1.54, 1.807) is 24.3 Å². The molecule has 0 atom stereocenters. The largest absolute Gasteiger partial charge is 0.324 e. The second kappa shape index (κ2) is 9.96. The average Bonchev–Trinajstić information content (AvgIpc) is 2.74. The fraction of sp³-hybridized carbons (Fsp3) is 0.136. The highest BCUT2D eigenvalue weighted by Crippen LogP contribution is 2.33. The summed E-state index contributed by atoms with van der Waals surface area (Å²) in [5.41, 5.74) is 1.61. The summed E-state index contributed by atoms with van der Waals surface area (Å²) in [5, 5.41) is 3.22. The van der Waals surface area contributed by atoms with Crippen LogP contribution in [0.3, 0.4) is 0 Å². The van der Waals surface area contributed by atoms with Crippen LogP contribution in [0.4, 0.5) is 11.4 Å². The van der Waals surface area contributed by atoms with E-state index in [9.17, 15) is 13.2 Å². The number of benzene rings is 3. The monoisotopic (exact) mass is 494 g/mol. The summed E-state index contributed by atoms with van der Waals surface area (Å²) in [7, 11) is -4.09. The van der Waals surface area contributed by atoms with Crippen molar-refractivity contribution in [2.45, 2.75) is 16.7 Å². The van der Waals surface area contributed by atoms with Crippen LogP contribution in [0, 0.1) is 6.92 Å². The number of hydrogen-bond acceptors (Lipinski definition) is 4. The number of thioether (sulfide) groups is 1. The second-order valence-corrected chi connectivity index (χ2v) is 10.3. The first-order valence-electron chi connectivity index (χ1n) is 9.19. The van der Waals surface area contributed by atoms with E-state index in [0.29, 0.717) is 10.7 Å². The van der Waals surface area contributed by atoms with Gasteiger partial charge in [-0.15, -0.1) is 11.8 Å². The van der Waals surface area contributed by atoms with E-state index < -0.39 is 22.5 Å². The number of carbonyl (C=O) groups excluding carboxylic acids is 1. The van der Waals surface area contributed by atoms with Crippen molar-refractivity contribution < 1.29 is 13.2 Å². The Bertz CT molecular complexity index is 1200. The molecule has 162 valence electrons. The molecular weight excluding hydrogens is 475 g/mol. The molecule has 3 aromatic carbocycles. The van der Waals surface area contributed by atoms with Crippen LogP contribution in [-0.4, -0.2) is 27.1 Å². The van der Waals surface area contributed by atoms with Gasteiger partial charge in [-0.25, -0.2) is 8.42 Å². The maximum atomic E-state index is 13.4. The lowest BCUT2D eigenvalue weighted by Crippen LogP contribution is -2.38. The summed E-state index contributed by atoms with van der Waals surface area (Å²) in [5.74, 6) is -0.509. The highest BCUT2D eigenvalue weighted by molar-refractivity contribution is 7.98. The van der Waals surface area contributed by atoms with Crippen molar-refractivity contribution in [2.75, 3.05) is 22.4 Å². The summed E-state index contributed by atoms with van der Waals surface area (Å²) in [6.07, 6.45) is 1.93. The van der Waals surface area contributed by atoms with Gasteiger partial charge in [0.05, 0.1) is 15.6 Å². The third-order valence-corrected chi connectivity index (χ3v) is 7.48. The van der Waals surface area contributed by atoms with Gasteiger partial charge in [-0.2, -0.15) is 0 Å². The first kappa shape index (κ1) is 23.5. The number of nitrogens with one attached hydrogen (secondary N) is 1. The van der Waals surface area contributed by atoms with E-state index in [1.807, 2.05) is 31.4 Å². The fourth-order valence-electron chi connectivity index (χ4n) is 2.85. The van der Waals surface area contributed by atoms with Gasteiger partial charge < -0.3 is 5.32 Å². The van der Waals surface area contributed by atoms with Crippen molar-refractivity contribution in [3.63, 3.8) is 0 Å². The van der Waals surface area contributed by atoms with E-state index in [1.165, 1.54) is 36.0 Å². The third kappa shape index (κ3) is 5.74. The predicted octanol–water partition coefficient (Wildman–Crippen LogP) is 5.86. The minimum atomic E-state index is -4.09. The maximum Gasteiger partial charge on any atom is 0.264 e. The molecule has 0 unspecified atom stereocenters. The van der Waals surface area contributed by atoms with Crippen LogP contribution in [0.25, 0.3) is 0 Å². The van der Waals surface area contributed by atoms with Gasteiger partial charge in [0, 0.05) is 15.6 Å². The molecule has 0 fully saturated rings. The molecule has 0 aromatic heterocycles. The number of carbonyl (C=O) groups is 1. The zero-order valence-electron chi connectivity index (χ0n) is 16.8. The van der Waals surface area contributed by atoms with Gasteiger partial charge in [0.2, 0.25) is 5.91 Å². The zero-order valence-corrected chi connectivity index (χ0v) is 19.9. The van der Waals surface area contributed by atoms with E-state index in [-0.39, 0.29) is 15.6 Å². The Balaban J connectivity index is 1.98. The molecule has 0 saturated carbocycles. The first-order valence-corrected chi connectivity index (χ1v) is 12.6. The Kier molecular flexibility index (Phi) is 7.54. The van der Waals surface area contributed by atoms with Crippen molar-refractivity contribution >= 4 is 62.3 Å². The van der Waals surface area contributed by atoms with E-state index in [2.05, 4.69) is 5.32 Å². The maximum absolute atomic E-state index is 13.4. The van der Waals surface area contributed by atoms with Gasteiger partial charge in [-0.1, -0.05) is 47.0 Å². The standard InChI is InChI=1S/C22H20Cl2N2O3S2/c1-15-6-9-19(10-7-15)31(28,29)26(21-12-16(23)8-11-20(21)24)14-22(27)25-17-4-3-5-18(13-17)30-2/h3-13H,14H2,1-2H3,(H,25,27). The lowest BCUT2D eigenvalue weighted by molar-refractivity contribution is -0.114. The molecule has 0 spiro atoms. The van der Waals surface area contributed by atoms with E-state index in [0.717, 1.165) is 14.8 Å². The topological polar surface area (TPSA) is 66.5 Å². The van der Waals surface area contributed by atoms with Gasteiger partial charge in [-0.05, 0) is 61.7 Å². The number of rotatable bonds is 7. The van der Waals surface area contributed by atoms with Crippen LogP contribution in [0.15, 0.2) is 76.5 Å². The van der Waals surface area contributed by atoms with E-state index in [4.69, 9.17) is 23.2 Å². The van der Waals surface area contributed by atoms with Crippen molar-refractivity contribution in [1.82, 2.24) is 0 Å². The minimum absolute atomic E-state index is 0.0475. The summed E-state index contributed by atoms with van der Waals surface area (Å²) >= 11 is 13.9. The van der Waals surface area contributed by atoms with Crippen LogP contribution in [0.2, 0.25) is 10.0 Å². The van der Waals surface area contributed by atoms with Gasteiger partial charge >= 0.3 is 0 Å². The lowest BCUT2D eigenvalue weighted by atomic mass is 10.2. The quantitative estimate of drug-likeness (QED) is 0.417. The highest BCUT2D eigenvalue weighted by Gasteiger charge is 2.29. The second-order valence-electron chi connectivity index (χ2n) is 6.70. The number of sulfonamides is 1. The zero-order chi connectivity index (χ0) is 22.6.